The van der Waals surface area contributed by atoms with Crippen LogP contribution in [0.3, 0.4) is 0 Å². The lowest BCUT2D eigenvalue weighted by Gasteiger charge is -2.34. The van der Waals surface area contributed by atoms with Crippen LogP contribution in [0.2, 0.25) is 0 Å². The molecule has 1 saturated heterocycles. The first kappa shape index (κ1) is 12.1. The number of nitrogens with zero attached hydrogens (tertiary/aromatic N) is 3. The van der Waals surface area contributed by atoms with Crippen LogP contribution in [0.4, 0.5) is 0 Å². The molecule has 0 saturated carbocycles. The molecule has 5 nitrogen and oxygen atoms in total. The summed E-state index contributed by atoms with van der Waals surface area (Å²) in [7, 11) is 1.83. The Kier molecular flexibility index (Phi) is 3.47. The monoisotopic (exact) mass is 237 g/mol. The number of carbonyl (C=O) groups is 1. The predicted octanol–water partition coefficient (Wildman–Crippen LogP) is 0.716. The lowest BCUT2D eigenvalue weighted by molar-refractivity contribution is 0.0502. The molecule has 0 spiro atoms. The van der Waals surface area contributed by atoms with Gasteiger partial charge in [0.05, 0.1) is 24.4 Å². The smallest absolute Gasteiger partial charge is 0.257 e. The summed E-state index contributed by atoms with van der Waals surface area (Å²) < 4.78 is 1.70. The van der Waals surface area contributed by atoms with E-state index in [1.54, 1.807) is 15.8 Å². The van der Waals surface area contributed by atoms with Gasteiger partial charge in [0, 0.05) is 19.3 Å². The lowest BCUT2D eigenvalue weighted by atomic mass is 10.0. The molecule has 1 atom stereocenters. The van der Waals surface area contributed by atoms with Gasteiger partial charge in [0.25, 0.3) is 5.91 Å². The molecule has 1 N–H and O–H groups in total. The highest BCUT2D eigenvalue weighted by molar-refractivity contribution is 5.95. The third-order valence-electron chi connectivity index (χ3n) is 3.56. The molecule has 5 heteroatoms. The van der Waals surface area contributed by atoms with Crippen molar-refractivity contribution in [2.75, 3.05) is 13.2 Å². The van der Waals surface area contributed by atoms with E-state index < -0.39 is 0 Å². The van der Waals surface area contributed by atoms with Gasteiger partial charge in [-0.1, -0.05) is 0 Å². The maximum atomic E-state index is 12.4. The molecule has 1 amide bonds. The number of aliphatic hydroxyl groups excluding tert-OH is 1. The maximum Gasteiger partial charge on any atom is 0.257 e. The predicted molar refractivity (Wildman–Crippen MR) is 63.7 cm³/mol. The minimum absolute atomic E-state index is 0.00523. The van der Waals surface area contributed by atoms with Crippen molar-refractivity contribution in [3.63, 3.8) is 0 Å². The molecular weight excluding hydrogens is 218 g/mol. The fraction of sp³-hybridized carbons (Fsp3) is 0.667. The van der Waals surface area contributed by atoms with Gasteiger partial charge in [-0.05, 0) is 26.2 Å². The van der Waals surface area contributed by atoms with Gasteiger partial charge in [0.15, 0.2) is 0 Å². The van der Waals surface area contributed by atoms with Crippen LogP contribution in [0.25, 0.3) is 0 Å². The molecule has 1 aliphatic rings. The number of piperidine rings is 1. The fourth-order valence-electron chi connectivity index (χ4n) is 2.32. The Morgan fingerprint density at radius 2 is 2.35 bits per heavy atom. The molecule has 17 heavy (non-hydrogen) atoms. The van der Waals surface area contributed by atoms with Crippen LogP contribution in [0, 0.1) is 6.92 Å². The quantitative estimate of drug-likeness (QED) is 0.824. The van der Waals surface area contributed by atoms with E-state index in [9.17, 15) is 9.90 Å². The molecule has 0 aliphatic carbocycles. The highest BCUT2D eigenvalue weighted by Crippen LogP contribution is 2.20. The van der Waals surface area contributed by atoms with Gasteiger partial charge in [-0.3, -0.25) is 9.48 Å². The molecule has 1 aliphatic heterocycles. The zero-order chi connectivity index (χ0) is 12.4. The van der Waals surface area contributed by atoms with Crippen molar-refractivity contribution in [1.82, 2.24) is 14.7 Å². The SMILES string of the molecule is Cc1c(C(=O)N2CCCCC2CO)cnn1C. The first-order valence-electron chi connectivity index (χ1n) is 6.05. The topological polar surface area (TPSA) is 58.4 Å². The zero-order valence-corrected chi connectivity index (χ0v) is 10.4. The Balaban J connectivity index is 2.21. The Labute approximate surface area is 101 Å². The van der Waals surface area contributed by atoms with Crippen LogP contribution in [-0.4, -0.2) is 44.9 Å². The van der Waals surface area contributed by atoms with Gasteiger partial charge < -0.3 is 10.0 Å². The van der Waals surface area contributed by atoms with E-state index in [-0.39, 0.29) is 18.6 Å². The molecule has 2 heterocycles. The van der Waals surface area contributed by atoms with E-state index in [0.29, 0.717) is 5.56 Å². The molecule has 1 aromatic rings. The maximum absolute atomic E-state index is 12.4. The van der Waals surface area contributed by atoms with E-state index >= 15 is 0 Å². The molecule has 1 fully saturated rings. The van der Waals surface area contributed by atoms with Gasteiger partial charge >= 0.3 is 0 Å². The molecule has 94 valence electrons. The summed E-state index contributed by atoms with van der Waals surface area (Å²) in [6.45, 7) is 2.67. The number of rotatable bonds is 2. The molecule has 0 radical (unpaired) electrons. The van der Waals surface area contributed by atoms with Crippen molar-refractivity contribution in [2.45, 2.75) is 32.2 Å². The summed E-state index contributed by atoms with van der Waals surface area (Å²) in [5.41, 5.74) is 1.52. The standard InChI is InChI=1S/C12H19N3O2/c1-9-11(7-13-14(9)2)12(17)15-6-4-3-5-10(15)8-16/h7,10,16H,3-6,8H2,1-2H3. The van der Waals surface area contributed by atoms with Crippen molar-refractivity contribution < 1.29 is 9.90 Å². The first-order chi connectivity index (χ1) is 8.15. The number of likely N-dealkylation sites (tertiary alicyclic amines) is 1. The van der Waals surface area contributed by atoms with Crippen LogP contribution in [0.1, 0.15) is 35.3 Å². The largest absolute Gasteiger partial charge is 0.394 e. The normalized spacial score (nSPS) is 20.6. The number of aryl methyl sites for hydroxylation is 1. The summed E-state index contributed by atoms with van der Waals surface area (Å²) >= 11 is 0. The Hall–Kier alpha value is -1.36. The molecule has 1 aromatic heterocycles. The van der Waals surface area contributed by atoms with Crippen LogP contribution < -0.4 is 0 Å². The summed E-state index contributed by atoms with van der Waals surface area (Å²) in [5, 5.41) is 13.4. The number of aliphatic hydroxyl groups is 1. The van der Waals surface area contributed by atoms with Crippen LogP contribution in [-0.2, 0) is 7.05 Å². The van der Waals surface area contributed by atoms with Crippen molar-refractivity contribution in [2.24, 2.45) is 7.05 Å². The second-order valence-electron chi connectivity index (χ2n) is 4.60. The minimum atomic E-state index is -0.0316. The molecule has 2 rings (SSSR count). The van der Waals surface area contributed by atoms with Crippen molar-refractivity contribution in [3.8, 4) is 0 Å². The van der Waals surface area contributed by atoms with Gasteiger partial charge in [0.2, 0.25) is 0 Å². The van der Waals surface area contributed by atoms with E-state index in [1.165, 1.54) is 0 Å². The summed E-state index contributed by atoms with van der Waals surface area (Å²) in [6.07, 6.45) is 4.60. The number of amides is 1. The Bertz CT molecular complexity index is 414. The highest BCUT2D eigenvalue weighted by atomic mass is 16.3. The van der Waals surface area contributed by atoms with Gasteiger partial charge in [-0.15, -0.1) is 0 Å². The summed E-state index contributed by atoms with van der Waals surface area (Å²) in [5.74, 6) is -0.00523. The highest BCUT2D eigenvalue weighted by Gasteiger charge is 2.28. The summed E-state index contributed by atoms with van der Waals surface area (Å²) in [6, 6.07) is -0.0316. The second kappa shape index (κ2) is 4.87. The van der Waals surface area contributed by atoms with Crippen molar-refractivity contribution in [1.29, 1.82) is 0 Å². The van der Waals surface area contributed by atoms with E-state index in [4.69, 9.17) is 0 Å². The van der Waals surface area contributed by atoms with E-state index in [0.717, 1.165) is 31.5 Å². The zero-order valence-electron chi connectivity index (χ0n) is 10.4. The molecule has 0 aromatic carbocycles. The summed E-state index contributed by atoms with van der Waals surface area (Å²) in [4.78, 5) is 14.1. The molecular formula is C12H19N3O2. The Morgan fingerprint density at radius 3 is 2.94 bits per heavy atom. The number of hydrogen-bond acceptors (Lipinski definition) is 3. The van der Waals surface area contributed by atoms with Crippen LogP contribution in [0.15, 0.2) is 6.20 Å². The molecule has 1 unspecified atom stereocenters. The van der Waals surface area contributed by atoms with Gasteiger partial charge in [-0.25, -0.2) is 0 Å². The first-order valence-corrected chi connectivity index (χ1v) is 6.05. The third kappa shape index (κ3) is 2.20. The van der Waals surface area contributed by atoms with Crippen molar-refractivity contribution >= 4 is 5.91 Å². The van der Waals surface area contributed by atoms with Gasteiger partial charge in [-0.2, -0.15) is 5.10 Å². The minimum Gasteiger partial charge on any atom is -0.394 e. The second-order valence-corrected chi connectivity index (χ2v) is 4.60. The average Bonchev–Trinajstić information content (AvgIpc) is 2.69. The van der Waals surface area contributed by atoms with Crippen molar-refractivity contribution in [3.05, 3.63) is 17.5 Å². The van der Waals surface area contributed by atoms with Crippen LogP contribution >= 0.6 is 0 Å². The average molecular weight is 237 g/mol. The third-order valence-corrected chi connectivity index (χ3v) is 3.56. The van der Waals surface area contributed by atoms with Crippen LogP contribution in [0.5, 0.6) is 0 Å². The molecule has 0 bridgehead atoms. The van der Waals surface area contributed by atoms with E-state index in [2.05, 4.69) is 5.10 Å². The number of aromatic nitrogens is 2. The number of hydrogen-bond donors (Lipinski definition) is 1. The van der Waals surface area contributed by atoms with Gasteiger partial charge in [0.1, 0.15) is 0 Å². The lowest BCUT2D eigenvalue weighted by Crippen LogP contribution is -2.45. The fourth-order valence-corrected chi connectivity index (χ4v) is 2.32. The Morgan fingerprint density at radius 1 is 1.59 bits per heavy atom. The number of carbonyl (C=O) groups excluding carboxylic acids is 1. The van der Waals surface area contributed by atoms with E-state index in [1.807, 2.05) is 14.0 Å².